The van der Waals surface area contributed by atoms with Crippen LogP contribution in [-0.4, -0.2) is 23.0 Å². The number of hydrogen-bond acceptors (Lipinski definition) is 7. The van der Waals surface area contributed by atoms with E-state index in [1.165, 1.54) is 0 Å². The molecule has 0 aliphatic carbocycles. The van der Waals surface area contributed by atoms with Crippen molar-refractivity contribution < 1.29 is 18.0 Å². The Morgan fingerprint density at radius 1 is 0.923 bits per heavy atom. The highest BCUT2D eigenvalue weighted by molar-refractivity contribution is 7.54. The highest BCUT2D eigenvalue weighted by Gasteiger charge is 2.40. The van der Waals surface area contributed by atoms with Crippen LogP contribution in [0.4, 0.5) is 0 Å². The molecule has 9 heteroatoms. The lowest BCUT2D eigenvalue weighted by atomic mass is 10.1. The van der Waals surface area contributed by atoms with Crippen LogP contribution in [-0.2, 0) is 20.2 Å². The van der Waals surface area contributed by atoms with E-state index >= 15 is 0 Å². The zero-order valence-corrected chi connectivity index (χ0v) is 22.7. The fraction of sp³-hybridized carbons (Fsp3) is 0.200. The zero-order valence-electron chi connectivity index (χ0n) is 21.8. The molecule has 39 heavy (non-hydrogen) atoms. The van der Waals surface area contributed by atoms with E-state index in [1.807, 2.05) is 78.9 Å². The van der Waals surface area contributed by atoms with Crippen LogP contribution in [0.1, 0.15) is 30.8 Å². The Kier molecular flexibility index (Phi) is 8.19. The smallest absolute Gasteiger partial charge is 0.352 e. The summed E-state index contributed by atoms with van der Waals surface area (Å²) >= 11 is 0. The molecule has 0 amide bonds. The molecular weight excluding hydrogens is 513 g/mol. The molecule has 2 heterocycles. The lowest BCUT2D eigenvalue weighted by Crippen LogP contribution is -2.24. The third-order valence-electron chi connectivity index (χ3n) is 6.23. The second-order valence-electron chi connectivity index (χ2n) is 8.84. The summed E-state index contributed by atoms with van der Waals surface area (Å²) in [5.74, 6) is -0.920. The summed E-state index contributed by atoms with van der Waals surface area (Å²) in [6, 6.07) is 28.3. The van der Waals surface area contributed by atoms with Gasteiger partial charge in [-0.15, -0.1) is 0 Å². The Bertz CT molecular complexity index is 1640. The topological polar surface area (TPSA) is 95.6 Å². The fourth-order valence-electron chi connectivity index (χ4n) is 4.49. The Labute approximate surface area is 226 Å². The number of hydrogen-bond donors (Lipinski definition) is 1. The summed E-state index contributed by atoms with van der Waals surface area (Å²) in [7, 11) is -3.77. The molecule has 8 nitrogen and oxygen atoms in total. The summed E-state index contributed by atoms with van der Waals surface area (Å²) in [6.07, 6.45) is 1.77. The van der Waals surface area contributed by atoms with Gasteiger partial charge in [-0.3, -0.25) is 9.88 Å². The van der Waals surface area contributed by atoms with Gasteiger partial charge in [0.15, 0.2) is 0 Å². The van der Waals surface area contributed by atoms with Crippen LogP contribution < -0.4 is 10.9 Å². The molecule has 5 rings (SSSR count). The van der Waals surface area contributed by atoms with Crippen LogP contribution in [0.15, 0.2) is 106 Å². The van der Waals surface area contributed by atoms with Crippen LogP contribution in [0.2, 0.25) is 0 Å². The fourth-order valence-corrected chi connectivity index (χ4v) is 6.42. The second kappa shape index (κ2) is 11.9. The van der Waals surface area contributed by atoms with Gasteiger partial charge >= 0.3 is 13.2 Å². The summed E-state index contributed by atoms with van der Waals surface area (Å²) in [5.41, 5.74) is 2.79. The van der Waals surface area contributed by atoms with E-state index in [-0.39, 0.29) is 18.8 Å². The molecule has 1 atom stereocenters. The predicted octanol–water partition coefficient (Wildman–Crippen LogP) is 6.70. The lowest BCUT2D eigenvalue weighted by molar-refractivity contribution is 0.207. The van der Waals surface area contributed by atoms with Crippen LogP contribution >= 0.6 is 7.60 Å². The van der Waals surface area contributed by atoms with Gasteiger partial charge in [-0.25, -0.2) is 9.48 Å². The van der Waals surface area contributed by atoms with E-state index in [2.05, 4.69) is 5.32 Å². The maximum Gasteiger partial charge on any atom is 0.352 e. The minimum atomic E-state index is -3.77. The third-order valence-corrected chi connectivity index (χ3v) is 8.56. The van der Waals surface area contributed by atoms with Crippen molar-refractivity contribution >= 4 is 18.6 Å². The van der Waals surface area contributed by atoms with E-state index < -0.39 is 19.0 Å². The first kappa shape index (κ1) is 26.8. The van der Waals surface area contributed by atoms with E-state index in [0.717, 1.165) is 16.6 Å². The number of nitrogens with one attached hydrogen (secondary N) is 1. The molecule has 0 radical (unpaired) electrons. The summed E-state index contributed by atoms with van der Waals surface area (Å²) in [6.45, 7) is 4.29. The second-order valence-corrected chi connectivity index (χ2v) is 11.0. The van der Waals surface area contributed by atoms with Gasteiger partial charge in [-0.1, -0.05) is 66.7 Å². The van der Waals surface area contributed by atoms with E-state index in [0.29, 0.717) is 23.4 Å². The zero-order chi connectivity index (χ0) is 27.2. The SMILES string of the molecule is CCOP(=O)(OCC)[C@H](NCc1ccccc1)c1cn(-c2ccccc2)nc1-c1cc2ccccc2oc1=O. The molecule has 2 aromatic heterocycles. The highest BCUT2D eigenvalue weighted by Crippen LogP contribution is 2.60. The Morgan fingerprint density at radius 3 is 2.26 bits per heavy atom. The molecule has 0 spiro atoms. The van der Waals surface area contributed by atoms with Crippen molar-refractivity contribution in [3.8, 4) is 16.9 Å². The molecule has 5 aromatic rings. The van der Waals surface area contributed by atoms with E-state index in [4.69, 9.17) is 18.6 Å². The van der Waals surface area contributed by atoms with Crippen molar-refractivity contribution in [2.75, 3.05) is 13.2 Å². The largest absolute Gasteiger partial charge is 0.422 e. The molecule has 0 fully saturated rings. The molecule has 0 aliphatic rings. The van der Waals surface area contributed by atoms with Gasteiger partial charge < -0.3 is 13.5 Å². The number of benzene rings is 3. The minimum absolute atomic E-state index is 0.182. The average Bonchev–Trinajstić information content (AvgIpc) is 3.39. The van der Waals surface area contributed by atoms with Crippen LogP contribution in [0.5, 0.6) is 0 Å². The molecule has 3 aromatic carbocycles. The first-order valence-electron chi connectivity index (χ1n) is 12.9. The minimum Gasteiger partial charge on any atom is -0.422 e. The van der Waals surface area contributed by atoms with Gasteiger partial charge in [0.25, 0.3) is 0 Å². The van der Waals surface area contributed by atoms with Gasteiger partial charge in [0, 0.05) is 23.7 Å². The summed E-state index contributed by atoms with van der Waals surface area (Å²) in [4.78, 5) is 13.3. The third kappa shape index (κ3) is 5.79. The lowest BCUT2D eigenvalue weighted by Gasteiger charge is -2.27. The standard InChI is InChI=1S/C30H30N3O5P/c1-3-36-39(35,37-4-2)29(31-20-22-13-7-5-8-14-22)26-21-33(24-16-9-6-10-17-24)32-28(26)25-19-23-15-11-12-18-27(23)38-30(25)34/h5-19,21,29,31H,3-4,20H2,1-2H3/t29-/m0/s1. The van der Waals surface area contributed by atoms with Crippen LogP contribution in [0, 0.1) is 0 Å². The van der Waals surface area contributed by atoms with Crippen LogP contribution in [0.3, 0.4) is 0 Å². The predicted molar refractivity (Wildman–Crippen MR) is 152 cm³/mol. The number of nitrogens with zero attached hydrogens (tertiary/aromatic N) is 2. The van der Waals surface area contributed by atoms with Gasteiger partial charge in [0.1, 0.15) is 17.1 Å². The Hall–Kier alpha value is -3.81. The quantitative estimate of drug-likeness (QED) is 0.146. The van der Waals surface area contributed by atoms with Crippen molar-refractivity contribution in [3.05, 3.63) is 119 Å². The Balaban J connectivity index is 1.72. The first-order valence-corrected chi connectivity index (χ1v) is 14.5. The van der Waals surface area contributed by atoms with Gasteiger partial charge in [-0.2, -0.15) is 5.10 Å². The number of rotatable bonds is 11. The molecule has 0 unspecified atom stereocenters. The molecule has 1 N–H and O–H groups in total. The number of fused-ring (bicyclic) bond motifs is 1. The molecule has 200 valence electrons. The van der Waals surface area contributed by atoms with Gasteiger partial charge in [0.05, 0.1) is 24.5 Å². The first-order chi connectivity index (χ1) is 19.0. The molecule has 0 saturated carbocycles. The molecule has 0 bridgehead atoms. The van der Waals surface area contributed by atoms with Crippen molar-refractivity contribution in [2.45, 2.75) is 26.2 Å². The van der Waals surface area contributed by atoms with E-state index in [1.54, 1.807) is 36.9 Å². The van der Waals surface area contributed by atoms with E-state index in [9.17, 15) is 9.36 Å². The van der Waals surface area contributed by atoms with Crippen molar-refractivity contribution in [1.29, 1.82) is 0 Å². The molecule has 0 aliphatic heterocycles. The summed E-state index contributed by atoms with van der Waals surface area (Å²) in [5, 5.41) is 8.96. The molecular formula is C30H30N3O5P. The Morgan fingerprint density at radius 2 is 1.56 bits per heavy atom. The average molecular weight is 544 g/mol. The van der Waals surface area contributed by atoms with Gasteiger partial charge in [0.2, 0.25) is 0 Å². The summed E-state index contributed by atoms with van der Waals surface area (Å²) < 4.78 is 33.3. The maximum absolute atomic E-state index is 14.3. The van der Waals surface area contributed by atoms with Gasteiger partial charge in [-0.05, 0) is 43.7 Å². The van der Waals surface area contributed by atoms with Crippen LogP contribution in [0.25, 0.3) is 27.9 Å². The van der Waals surface area contributed by atoms with Crippen molar-refractivity contribution in [3.63, 3.8) is 0 Å². The maximum atomic E-state index is 14.3. The molecule has 0 saturated heterocycles. The monoisotopic (exact) mass is 543 g/mol. The number of para-hydroxylation sites is 2. The van der Waals surface area contributed by atoms with Crippen molar-refractivity contribution in [2.24, 2.45) is 0 Å². The van der Waals surface area contributed by atoms with Crippen molar-refractivity contribution in [1.82, 2.24) is 15.1 Å². The normalized spacial score (nSPS) is 12.6. The highest BCUT2D eigenvalue weighted by atomic mass is 31.2. The number of aromatic nitrogens is 2.